The highest BCUT2D eigenvalue weighted by Gasteiger charge is 2.37. The molecule has 2 aliphatic rings. The van der Waals surface area contributed by atoms with Crippen LogP contribution in [0.2, 0.25) is 0 Å². The Kier molecular flexibility index (Phi) is 5.10. The lowest BCUT2D eigenvalue weighted by Crippen LogP contribution is -2.25. The molecule has 0 bridgehead atoms. The number of pyridine rings is 1. The maximum atomic E-state index is 13.1. The van der Waals surface area contributed by atoms with Crippen LogP contribution >= 0.6 is 11.3 Å². The highest BCUT2D eigenvalue weighted by atomic mass is 32.1. The van der Waals surface area contributed by atoms with Gasteiger partial charge < -0.3 is 9.30 Å². The molecule has 2 heterocycles. The van der Waals surface area contributed by atoms with Crippen LogP contribution < -0.4 is 10.2 Å². The molecule has 0 amide bonds. The number of hydrogen-bond acceptors (Lipinski definition) is 5. The number of azide groups is 1. The number of aryl methyl sites for hydroxylation is 1. The zero-order chi connectivity index (χ0) is 23.5. The Balaban J connectivity index is 1.75. The first-order chi connectivity index (χ1) is 15.8. The molecule has 2 aliphatic carbocycles. The highest BCUT2D eigenvalue weighted by Crippen LogP contribution is 2.52. The fraction of sp³-hybridized carbons (Fsp3) is 0.440. The van der Waals surface area contributed by atoms with E-state index in [4.69, 9.17) is 10.3 Å². The first kappa shape index (κ1) is 21.7. The first-order valence-corrected chi connectivity index (χ1v) is 12.0. The van der Waals surface area contributed by atoms with Gasteiger partial charge in [-0.1, -0.05) is 19.0 Å². The van der Waals surface area contributed by atoms with Crippen LogP contribution in [0.25, 0.3) is 31.8 Å². The monoisotopic (exact) mass is 462 g/mol. The molecule has 0 saturated heterocycles. The molecule has 0 aliphatic heterocycles. The lowest BCUT2D eigenvalue weighted by atomic mass is 9.74. The number of ketones is 1. The Hall–Kier alpha value is -3.09. The van der Waals surface area contributed by atoms with Gasteiger partial charge in [0.25, 0.3) is 0 Å². The molecule has 7 nitrogen and oxygen atoms in total. The molecule has 0 radical (unpaired) electrons. The van der Waals surface area contributed by atoms with Crippen LogP contribution in [0.4, 0.5) is 0 Å². The number of carbonyl (C=O) groups is 1. The van der Waals surface area contributed by atoms with Crippen LogP contribution in [0.15, 0.2) is 34.3 Å². The summed E-state index contributed by atoms with van der Waals surface area (Å²) in [7, 11) is 1.62. The van der Waals surface area contributed by atoms with E-state index < -0.39 is 0 Å². The second-order valence-corrected chi connectivity index (χ2v) is 10.8. The summed E-state index contributed by atoms with van der Waals surface area (Å²) in [5, 5.41) is 4.65. The van der Waals surface area contributed by atoms with Crippen molar-refractivity contribution in [2.24, 2.45) is 10.5 Å². The molecule has 8 heteroatoms. The summed E-state index contributed by atoms with van der Waals surface area (Å²) in [5.41, 5.74) is 11.9. The van der Waals surface area contributed by atoms with Gasteiger partial charge in [-0.25, -0.2) is 0 Å². The average Bonchev–Trinajstić information content (AvgIpc) is 3.53. The zero-order valence-electron chi connectivity index (χ0n) is 19.2. The minimum absolute atomic E-state index is 0.107. The maximum Gasteiger partial charge on any atom is 0.200 e. The summed E-state index contributed by atoms with van der Waals surface area (Å²) in [6.07, 6.45) is 5.61. The van der Waals surface area contributed by atoms with E-state index in [1.165, 1.54) is 12.5 Å². The third-order valence-corrected chi connectivity index (χ3v) is 8.24. The molecule has 170 valence electrons. The van der Waals surface area contributed by atoms with Gasteiger partial charge in [-0.15, -0.1) is 11.3 Å². The summed E-state index contributed by atoms with van der Waals surface area (Å²) >= 11 is 1.63. The molecule has 1 atom stereocenters. The van der Waals surface area contributed by atoms with E-state index in [9.17, 15) is 9.59 Å². The molecule has 5 rings (SSSR count). The molecule has 0 N–H and O–H groups in total. The van der Waals surface area contributed by atoms with Crippen molar-refractivity contribution in [2.45, 2.75) is 58.5 Å². The van der Waals surface area contributed by atoms with Gasteiger partial charge >= 0.3 is 0 Å². The number of benzene rings is 1. The standard InChI is InChI=1S/C25H26N4O3S/c1-13(30)18-12-29(15-5-6-15)20-17(21(18)31)8-7-16(22(20)32-4)19-11-14-9-10-25(2,3)24(27-28-26)23(14)33-19/h7-8,11-12,15,24H,5-6,9-10H2,1-4H3. The van der Waals surface area contributed by atoms with Crippen molar-refractivity contribution < 1.29 is 9.53 Å². The number of hydrogen-bond donors (Lipinski definition) is 0. The van der Waals surface area contributed by atoms with Crippen LogP contribution in [0.1, 0.15) is 72.9 Å². The Bertz CT molecular complexity index is 1410. The van der Waals surface area contributed by atoms with Crippen LogP contribution in [0.5, 0.6) is 5.75 Å². The largest absolute Gasteiger partial charge is 0.494 e. The van der Waals surface area contributed by atoms with Crippen molar-refractivity contribution in [3.05, 3.63) is 61.1 Å². The van der Waals surface area contributed by atoms with Crippen LogP contribution in [0.3, 0.4) is 0 Å². The van der Waals surface area contributed by atoms with Crippen molar-refractivity contribution in [3.63, 3.8) is 0 Å². The van der Waals surface area contributed by atoms with E-state index in [1.54, 1.807) is 24.6 Å². The van der Waals surface area contributed by atoms with Crippen LogP contribution in [0, 0.1) is 5.41 Å². The van der Waals surface area contributed by atoms with Crippen molar-refractivity contribution in [2.75, 3.05) is 7.11 Å². The third kappa shape index (κ3) is 3.45. The summed E-state index contributed by atoms with van der Waals surface area (Å²) < 4.78 is 7.97. The van der Waals surface area contributed by atoms with Gasteiger partial charge in [0.15, 0.2) is 17.0 Å². The number of fused-ring (bicyclic) bond motifs is 2. The maximum absolute atomic E-state index is 13.1. The molecule has 33 heavy (non-hydrogen) atoms. The summed E-state index contributed by atoms with van der Waals surface area (Å²) in [6.45, 7) is 5.72. The molecule has 1 unspecified atom stereocenters. The first-order valence-electron chi connectivity index (χ1n) is 11.2. The molecule has 1 saturated carbocycles. The zero-order valence-corrected chi connectivity index (χ0v) is 20.0. The Morgan fingerprint density at radius 3 is 2.73 bits per heavy atom. The normalized spacial score (nSPS) is 19.1. The smallest absolute Gasteiger partial charge is 0.200 e. The molecule has 1 aromatic carbocycles. The number of nitrogens with zero attached hydrogens (tertiary/aromatic N) is 4. The van der Waals surface area contributed by atoms with Crippen molar-refractivity contribution in [1.82, 2.24) is 4.57 Å². The summed E-state index contributed by atoms with van der Waals surface area (Å²) in [6, 6.07) is 5.95. The molecule has 2 aromatic heterocycles. The van der Waals surface area contributed by atoms with E-state index in [-0.39, 0.29) is 34.3 Å². The number of Topliss-reactive ketones (excluding diaryl/α,β-unsaturated/α-hetero) is 1. The number of rotatable bonds is 5. The van der Waals surface area contributed by atoms with E-state index in [2.05, 4.69) is 34.5 Å². The lowest BCUT2D eigenvalue weighted by molar-refractivity contribution is 0.101. The highest BCUT2D eigenvalue weighted by molar-refractivity contribution is 7.15. The molecule has 0 spiro atoms. The van der Waals surface area contributed by atoms with E-state index in [0.29, 0.717) is 11.1 Å². The topological polar surface area (TPSA) is 97.1 Å². The Labute approximate surface area is 195 Å². The van der Waals surface area contributed by atoms with Crippen molar-refractivity contribution >= 4 is 28.0 Å². The SMILES string of the molecule is COc1c(-c2cc3c(s2)C(N=[N+]=[N-])C(C)(C)CC3)ccc2c(=O)c(C(C)=O)cn(C3CC3)c12. The van der Waals surface area contributed by atoms with Gasteiger partial charge in [0.05, 0.1) is 29.6 Å². The van der Waals surface area contributed by atoms with Gasteiger partial charge in [0.2, 0.25) is 0 Å². The second-order valence-electron chi connectivity index (χ2n) is 9.71. The Morgan fingerprint density at radius 2 is 2.09 bits per heavy atom. The van der Waals surface area contributed by atoms with Gasteiger partial charge in [-0.05, 0) is 67.3 Å². The molecular weight excluding hydrogens is 436 g/mol. The molecular formula is C25H26N4O3S. The van der Waals surface area contributed by atoms with Gasteiger partial charge in [0, 0.05) is 32.5 Å². The van der Waals surface area contributed by atoms with Gasteiger partial charge in [-0.2, -0.15) is 0 Å². The minimum Gasteiger partial charge on any atom is -0.494 e. The average molecular weight is 463 g/mol. The number of thiophene rings is 1. The van der Waals surface area contributed by atoms with Gasteiger partial charge in [-0.3, -0.25) is 9.59 Å². The predicted molar refractivity (Wildman–Crippen MR) is 130 cm³/mol. The van der Waals surface area contributed by atoms with Crippen LogP contribution in [-0.2, 0) is 6.42 Å². The number of methoxy groups -OCH3 is 1. The summed E-state index contributed by atoms with van der Waals surface area (Å²) in [4.78, 5) is 30.5. The van der Waals surface area contributed by atoms with E-state index in [0.717, 1.165) is 46.5 Å². The quantitative estimate of drug-likeness (QED) is 0.185. The third-order valence-electron chi connectivity index (χ3n) is 6.97. The minimum atomic E-state index is -0.255. The Morgan fingerprint density at radius 1 is 1.33 bits per heavy atom. The van der Waals surface area contributed by atoms with E-state index >= 15 is 0 Å². The fourth-order valence-corrected chi connectivity index (χ4v) is 6.40. The number of ether oxygens (including phenoxy) is 1. The second kappa shape index (κ2) is 7.75. The van der Waals surface area contributed by atoms with Gasteiger partial charge in [0.1, 0.15) is 0 Å². The van der Waals surface area contributed by atoms with E-state index in [1.807, 2.05) is 12.1 Å². The predicted octanol–water partition coefficient (Wildman–Crippen LogP) is 6.60. The summed E-state index contributed by atoms with van der Waals surface area (Å²) in [5.74, 6) is 0.418. The van der Waals surface area contributed by atoms with Crippen molar-refractivity contribution in [3.8, 4) is 16.2 Å². The number of carbonyl (C=O) groups excluding carboxylic acids is 1. The molecule has 3 aromatic rings. The number of aromatic nitrogens is 1. The van der Waals surface area contributed by atoms with Crippen molar-refractivity contribution in [1.29, 1.82) is 0 Å². The molecule has 1 fully saturated rings. The lowest BCUT2D eigenvalue weighted by Gasteiger charge is -2.35. The fourth-order valence-electron chi connectivity index (χ4n) is 4.92. The van der Waals surface area contributed by atoms with Crippen LogP contribution in [-0.4, -0.2) is 17.5 Å².